The standard InChI is InChI=1S/C23H28N4O3S/c1-2-31(28,29)27-19(7-6-16-4-3-5-17(12-16)23(24)25)13-18-14-20(8-9-22(18)27)30-21-10-11-26-15-21/h3-9,12,14,19,21,26H,2,10-11,13,15H2,1H3,(H3,24,25)/b7-6+. The molecule has 2 atom stereocenters. The Morgan fingerprint density at radius 3 is 2.87 bits per heavy atom. The van der Waals surface area contributed by atoms with Crippen molar-refractivity contribution in [3.63, 3.8) is 0 Å². The summed E-state index contributed by atoms with van der Waals surface area (Å²) in [6.07, 6.45) is 5.51. The maximum atomic E-state index is 12.9. The van der Waals surface area contributed by atoms with E-state index in [1.54, 1.807) is 13.0 Å². The molecule has 1 saturated heterocycles. The molecule has 2 aliphatic rings. The lowest BCUT2D eigenvalue weighted by molar-refractivity contribution is 0.223. The van der Waals surface area contributed by atoms with Crippen LogP contribution in [0.25, 0.3) is 6.08 Å². The topological polar surface area (TPSA) is 109 Å². The summed E-state index contributed by atoms with van der Waals surface area (Å²) in [5.41, 5.74) is 8.77. The third kappa shape index (κ3) is 4.60. The van der Waals surface area contributed by atoms with E-state index in [4.69, 9.17) is 15.9 Å². The van der Waals surface area contributed by atoms with Crippen molar-refractivity contribution in [1.29, 1.82) is 5.41 Å². The van der Waals surface area contributed by atoms with Crippen molar-refractivity contribution in [1.82, 2.24) is 5.32 Å². The second-order valence-electron chi connectivity index (χ2n) is 7.89. The van der Waals surface area contributed by atoms with Gasteiger partial charge >= 0.3 is 0 Å². The van der Waals surface area contributed by atoms with Gasteiger partial charge in [-0.05, 0) is 61.7 Å². The van der Waals surface area contributed by atoms with E-state index in [-0.39, 0.29) is 23.7 Å². The van der Waals surface area contributed by atoms with Crippen LogP contribution in [-0.4, -0.2) is 45.2 Å². The molecule has 0 bridgehead atoms. The summed E-state index contributed by atoms with van der Waals surface area (Å²) >= 11 is 0. The Labute approximate surface area is 183 Å². The molecular formula is C23H28N4O3S. The maximum Gasteiger partial charge on any atom is 0.235 e. The monoisotopic (exact) mass is 440 g/mol. The number of ether oxygens (including phenoxy) is 1. The zero-order chi connectivity index (χ0) is 22.0. The van der Waals surface area contributed by atoms with Gasteiger partial charge in [-0.1, -0.05) is 30.4 Å². The number of anilines is 1. The molecule has 0 amide bonds. The van der Waals surface area contributed by atoms with Gasteiger partial charge in [0.25, 0.3) is 0 Å². The SMILES string of the molecule is CCS(=O)(=O)N1c2ccc(OC3CCNC3)cc2CC1/C=C/c1cccc(C(=N)N)c1. The molecule has 2 aromatic rings. The Morgan fingerprint density at radius 1 is 1.32 bits per heavy atom. The molecule has 2 aliphatic heterocycles. The molecule has 2 aromatic carbocycles. The number of nitrogens with two attached hydrogens (primary N) is 1. The second-order valence-corrected chi connectivity index (χ2v) is 10.0. The van der Waals surface area contributed by atoms with Crippen LogP contribution in [0.2, 0.25) is 0 Å². The van der Waals surface area contributed by atoms with Gasteiger partial charge in [-0.15, -0.1) is 0 Å². The summed E-state index contributed by atoms with van der Waals surface area (Å²) in [4.78, 5) is 0. The molecule has 2 unspecified atom stereocenters. The van der Waals surface area contributed by atoms with Gasteiger partial charge in [-0.3, -0.25) is 9.71 Å². The molecule has 31 heavy (non-hydrogen) atoms. The van der Waals surface area contributed by atoms with Crippen LogP contribution < -0.4 is 20.1 Å². The predicted octanol–water partition coefficient (Wildman–Crippen LogP) is 2.51. The van der Waals surface area contributed by atoms with Crippen LogP contribution >= 0.6 is 0 Å². The number of fused-ring (bicyclic) bond motifs is 1. The van der Waals surface area contributed by atoms with E-state index in [0.717, 1.165) is 36.4 Å². The van der Waals surface area contributed by atoms with Crippen LogP contribution in [0.15, 0.2) is 48.5 Å². The van der Waals surface area contributed by atoms with E-state index in [1.165, 1.54) is 4.31 Å². The number of hydrogen-bond donors (Lipinski definition) is 3. The van der Waals surface area contributed by atoms with Crippen molar-refractivity contribution in [2.45, 2.75) is 31.9 Å². The lowest BCUT2D eigenvalue weighted by Gasteiger charge is -2.24. The van der Waals surface area contributed by atoms with Gasteiger partial charge in [0.1, 0.15) is 17.7 Å². The molecule has 4 rings (SSSR count). The van der Waals surface area contributed by atoms with Crippen LogP contribution in [0, 0.1) is 5.41 Å². The number of nitrogens with zero attached hydrogens (tertiary/aromatic N) is 1. The van der Waals surface area contributed by atoms with E-state index in [2.05, 4.69) is 5.32 Å². The summed E-state index contributed by atoms with van der Waals surface area (Å²) in [5.74, 6) is 0.812. The molecule has 0 aromatic heterocycles. The fraction of sp³-hybridized carbons (Fsp3) is 0.348. The van der Waals surface area contributed by atoms with Crippen LogP contribution in [0.1, 0.15) is 30.0 Å². The number of nitrogen functional groups attached to an aromatic ring is 1. The minimum absolute atomic E-state index is 0.00343. The highest BCUT2D eigenvalue weighted by Gasteiger charge is 2.35. The van der Waals surface area contributed by atoms with E-state index in [1.807, 2.05) is 48.6 Å². The molecule has 7 nitrogen and oxygen atoms in total. The van der Waals surface area contributed by atoms with Gasteiger partial charge < -0.3 is 15.8 Å². The van der Waals surface area contributed by atoms with Crippen LogP contribution in [0.3, 0.4) is 0 Å². The number of sulfonamides is 1. The highest BCUT2D eigenvalue weighted by molar-refractivity contribution is 7.92. The minimum atomic E-state index is -3.44. The molecule has 0 radical (unpaired) electrons. The molecule has 0 saturated carbocycles. The largest absolute Gasteiger partial charge is 0.489 e. The first-order chi connectivity index (χ1) is 14.9. The molecular weight excluding hydrogens is 412 g/mol. The quantitative estimate of drug-likeness (QED) is 0.453. The fourth-order valence-electron chi connectivity index (χ4n) is 4.10. The first-order valence-corrected chi connectivity index (χ1v) is 12.1. The first-order valence-electron chi connectivity index (χ1n) is 10.5. The van der Waals surface area contributed by atoms with Gasteiger partial charge in [0.15, 0.2) is 0 Å². The smallest absolute Gasteiger partial charge is 0.235 e. The molecule has 0 aliphatic carbocycles. The predicted molar refractivity (Wildman–Crippen MR) is 124 cm³/mol. The van der Waals surface area contributed by atoms with E-state index < -0.39 is 10.0 Å². The number of benzene rings is 2. The van der Waals surface area contributed by atoms with Crippen molar-refractivity contribution < 1.29 is 13.2 Å². The summed E-state index contributed by atoms with van der Waals surface area (Å²) in [5, 5.41) is 10.9. The molecule has 4 N–H and O–H groups in total. The number of nitrogens with one attached hydrogen (secondary N) is 2. The minimum Gasteiger partial charge on any atom is -0.489 e. The Bertz CT molecular complexity index is 1110. The van der Waals surface area contributed by atoms with Crippen molar-refractivity contribution in [2.24, 2.45) is 5.73 Å². The number of rotatable bonds is 7. The number of amidine groups is 1. The van der Waals surface area contributed by atoms with Crippen molar-refractivity contribution >= 4 is 27.6 Å². The van der Waals surface area contributed by atoms with E-state index in [9.17, 15) is 8.42 Å². The van der Waals surface area contributed by atoms with Gasteiger partial charge in [0.05, 0.1) is 17.5 Å². The van der Waals surface area contributed by atoms with Gasteiger partial charge in [0.2, 0.25) is 10.0 Å². The molecule has 164 valence electrons. The molecule has 1 fully saturated rings. The Morgan fingerprint density at radius 2 is 2.16 bits per heavy atom. The average Bonchev–Trinajstić information content (AvgIpc) is 3.39. The first kappa shape index (κ1) is 21.4. The van der Waals surface area contributed by atoms with Crippen LogP contribution in [0.4, 0.5) is 5.69 Å². The fourth-order valence-corrected chi connectivity index (χ4v) is 5.41. The van der Waals surface area contributed by atoms with E-state index in [0.29, 0.717) is 17.7 Å². The summed E-state index contributed by atoms with van der Waals surface area (Å²) in [7, 11) is -3.44. The van der Waals surface area contributed by atoms with Crippen molar-refractivity contribution in [3.8, 4) is 5.75 Å². The summed E-state index contributed by atoms with van der Waals surface area (Å²) in [6, 6.07) is 12.7. The molecule has 8 heteroatoms. The normalized spacial score (nSPS) is 20.9. The lowest BCUT2D eigenvalue weighted by Crippen LogP contribution is -2.37. The molecule has 0 spiro atoms. The second kappa shape index (κ2) is 8.72. The highest BCUT2D eigenvalue weighted by atomic mass is 32.2. The van der Waals surface area contributed by atoms with Gasteiger partial charge in [-0.2, -0.15) is 0 Å². The Balaban J connectivity index is 1.62. The Hall–Kier alpha value is -2.84. The lowest BCUT2D eigenvalue weighted by atomic mass is 10.1. The van der Waals surface area contributed by atoms with Gasteiger partial charge in [-0.25, -0.2) is 8.42 Å². The average molecular weight is 441 g/mol. The van der Waals surface area contributed by atoms with Crippen molar-refractivity contribution in [3.05, 3.63) is 65.2 Å². The maximum absolute atomic E-state index is 12.9. The van der Waals surface area contributed by atoms with E-state index >= 15 is 0 Å². The molecule has 2 heterocycles. The van der Waals surface area contributed by atoms with Gasteiger partial charge in [0, 0.05) is 12.1 Å². The third-order valence-electron chi connectivity index (χ3n) is 5.71. The Kier molecular flexibility index (Phi) is 6.02. The zero-order valence-electron chi connectivity index (χ0n) is 17.5. The third-order valence-corrected chi connectivity index (χ3v) is 7.51. The highest BCUT2D eigenvalue weighted by Crippen LogP contribution is 2.38. The summed E-state index contributed by atoms with van der Waals surface area (Å²) in [6.45, 7) is 3.45. The van der Waals surface area contributed by atoms with Crippen LogP contribution in [-0.2, 0) is 16.4 Å². The van der Waals surface area contributed by atoms with Crippen molar-refractivity contribution in [2.75, 3.05) is 23.1 Å². The van der Waals surface area contributed by atoms with Crippen LogP contribution in [0.5, 0.6) is 5.75 Å². The summed E-state index contributed by atoms with van der Waals surface area (Å²) < 4.78 is 33.4. The number of hydrogen-bond acceptors (Lipinski definition) is 5. The zero-order valence-corrected chi connectivity index (χ0v) is 18.4.